The van der Waals surface area contributed by atoms with Gasteiger partial charge in [-0.05, 0) is 68.4 Å². The molecule has 0 saturated carbocycles. The maximum Gasteiger partial charge on any atom is 0.389 e. The molecule has 0 aliphatic carbocycles. The molecule has 2 aromatic carbocycles. The molecule has 1 heterocycles. The zero-order chi connectivity index (χ0) is 32.4. The number of nitrogens with two attached hydrogens (primary N) is 1. The molecule has 6 nitrogen and oxygen atoms in total. The van der Waals surface area contributed by atoms with Gasteiger partial charge in [-0.2, -0.15) is 13.2 Å². The Morgan fingerprint density at radius 3 is 2.12 bits per heavy atom. The number of alkyl halides is 3. The second-order valence-electron chi connectivity index (χ2n) is 13.9. The minimum atomic E-state index is -4.53. The van der Waals surface area contributed by atoms with Crippen LogP contribution in [-0.4, -0.2) is 30.9 Å². The molecule has 0 saturated heterocycles. The van der Waals surface area contributed by atoms with Crippen LogP contribution < -0.4 is 16.1 Å². The average molecular weight is 604 g/mol. The number of rotatable bonds is 11. The highest BCUT2D eigenvalue weighted by atomic mass is 19.4. The Morgan fingerprint density at radius 2 is 1.53 bits per heavy atom. The molecule has 3 rings (SSSR count). The molecular formula is C34H44F3NO5. The number of fused-ring (bicyclic) bond motifs is 1. The van der Waals surface area contributed by atoms with E-state index >= 15 is 0 Å². The van der Waals surface area contributed by atoms with E-state index in [1.54, 1.807) is 39.0 Å². The maximum atomic E-state index is 13.7. The van der Waals surface area contributed by atoms with Gasteiger partial charge >= 0.3 is 17.8 Å². The van der Waals surface area contributed by atoms with Gasteiger partial charge in [-0.3, -0.25) is 4.79 Å². The van der Waals surface area contributed by atoms with E-state index in [9.17, 15) is 22.8 Å². The Labute approximate surface area is 251 Å². The number of benzene rings is 2. The minimum absolute atomic E-state index is 0.220. The average Bonchev–Trinajstić information content (AvgIpc) is 2.87. The summed E-state index contributed by atoms with van der Waals surface area (Å²) < 4.78 is 58.0. The summed E-state index contributed by atoms with van der Waals surface area (Å²) in [5.41, 5.74) is 4.30. The second kappa shape index (κ2) is 12.3. The summed E-state index contributed by atoms with van der Waals surface area (Å²) in [6.45, 7) is 13.4. The lowest BCUT2D eigenvalue weighted by atomic mass is 9.65. The van der Waals surface area contributed by atoms with Gasteiger partial charge in [0.25, 0.3) is 0 Å². The van der Waals surface area contributed by atoms with Gasteiger partial charge in [0.2, 0.25) is 0 Å². The van der Waals surface area contributed by atoms with Crippen LogP contribution in [-0.2, 0) is 16.0 Å². The predicted octanol–water partition coefficient (Wildman–Crippen LogP) is 8.08. The van der Waals surface area contributed by atoms with Crippen LogP contribution in [0.15, 0.2) is 57.7 Å². The highest BCUT2D eigenvalue weighted by Crippen LogP contribution is 2.43. The van der Waals surface area contributed by atoms with Crippen molar-refractivity contribution < 1.29 is 31.9 Å². The molecule has 1 aromatic heterocycles. The normalized spacial score (nSPS) is 15.5. The molecule has 0 radical (unpaired) electrons. The number of hydrogen-bond donors (Lipinski definition) is 1. The molecule has 236 valence electrons. The number of carbonyl (C=O) groups excluding carboxylic acids is 1. The molecule has 2 unspecified atom stereocenters. The number of esters is 1. The molecule has 0 amide bonds. The fourth-order valence-corrected chi connectivity index (χ4v) is 5.37. The first-order chi connectivity index (χ1) is 19.7. The zero-order valence-electron chi connectivity index (χ0n) is 26.4. The Kier molecular flexibility index (Phi) is 9.81. The Balaban J connectivity index is 1.84. The predicted molar refractivity (Wildman–Crippen MR) is 163 cm³/mol. The summed E-state index contributed by atoms with van der Waals surface area (Å²) in [7, 11) is 0. The lowest BCUT2D eigenvalue weighted by Crippen LogP contribution is -2.56. The highest BCUT2D eigenvalue weighted by molar-refractivity contribution is 5.83. The second-order valence-corrected chi connectivity index (χ2v) is 13.9. The molecule has 2 N–H and O–H groups in total. The summed E-state index contributed by atoms with van der Waals surface area (Å²) in [6, 6.07) is 14.1. The smallest absolute Gasteiger partial charge is 0.389 e. The van der Waals surface area contributed by atoms with Crippen molar-refractivity contribution in [2.45, 2.75) is 86.4 Å². The molecule has 0 aliphatic heterocycles. The molecule has 0 bridgehead atoms. The van der Waals surface area contributed by atoms with Crippen molar-refractivity contribution in [3.63, 3.8) is 0 Å². The van der Waals surface area contributed by atoms with E-state index in [4.69, 9.17) is 19.6 Å². The van der Waals surface area contributed by atoms with Gasteiger partial charge in [-0.15, -0.1) is 0 Å². The zero-order valence-corrected chi connectivity index (χ0v) is 26.4. The van der Waals surface area contributed by atoms with Crippen molar-refractivity contribution in [1.82, 2.24) is 0 Å². The first-order valence-electron chi connectivity index (χ1n) is 14.5. The topological polar surface area (TPSA) is 91.8 Å². The van der Waals surface area contributed by atoms with Gasteiger partial charge in [0, 0.05) is 22.4 Å². The summed E-state index contributed by atoms with van der Waals surface area (Å²) in [6.07, 6.45) is -4.65. The monoisotopic (exact) mass is 603 g/mol. The van der Waals surface area contributed by atoms with Crippen molar-refractivity contribution in [2.75, 3.05) is 13.2 Å². The van der Waals surface area contributed by atoms with Gasteiger partial charge in [0.15, 0.2) is 0 Å². The molecule has 0 fully saturated rings. The van der Waals surface area contributed by atoms with Crippen LogP contribution in [0.1, 0.15) is 73.8 Å². The van der Waals surface area contributed by atoms with Crippen molar-refractivity contribution >= 4 is 16.9 Å². The molecule has 0 aliphatic rings. The van der Waals surface area contributed by atoms with E-state index in [1.165, 1.54) is 13.0 Å². The summed E-state index contributed by atoms with van der Waals surface area (Å²) >= 11 is 0. The third-order valence-electron chi connectivity index (χ3n) is 7.92. The van der Waals surface area contributed by atoms with Crippen LogP contribution in [0, 0.1) is 16.2 Å². The summed E-state index contributed by atoms with van der Waals surface area (Å²) in [5, 5.41) is 0.641. The number of ether oxygens (including phenoxy) is 2. The van der Waals surface area contributed by atoms with E-state index in [-0.39, 0.29) is 16.7 Å². The van der Waals surface area contributed by atoms with Crippen molar-refractivity contribution in [3.8, 4) is 16.9 Å². The Hall–Kier alpha value is -3.33. The maximum absolute atomic E-state index is 13.7. The summed E-state index contributed by atoms with van der Waals surface area (Å²) in [4.78, 5) is 26.2. The Morgan fingerprint density at radius 1 is 0.884 bits per heavy atom. The largest absolute Gasteiger partial charge is 0.493 e. The van der Waals surface area contributed by atoms with Crippen molar-refractivity contribution in [2.24, 2.45) is 22.0 Å². The van der Waals surface area contributed by atoms with Crippen LogP contribution in [0.5, 0.6) is 5.75 Å². The van der Waals surface area contributed by atoms with Gasteiger partial charge in [0.05, 0.1) is 24.0 Å². The number of carbonyl (C=O) groups is 1. The van der Waals surface area contributed by atoms with E-state index in [0.29, 0.717) is 17.4 Å². The van der Waals surface area contributed by atoms with E-state index in [1.807, 2.05) is 52.0 Å². The first-order valence-corrected chi connectivity index (χ1v) is 14.5. The van der Waals surface area contributed by atoms with E-state index < -0.39 is 53.8 Å². The Bertz CT molecular complexity index is 1500. The molecule has 0 spiro atoms. The number of aryl methyl sites for hydroxylation is 1. The third-order valence-corrected chi connectivity index (χ3v) is 7.92. The van der Waals surface area contributed by atoms with Gasteiger partial charge in [-0.1, -0.05) is 58.9 Å². The van der Waals surface area contributed by atoms with E-state index in [2.05, 4.69) is 0 Å². The molecular weight excluding hydrogens is 559 g/mol. The van der Waals surface area contributed by atoms with Gasteiger partial charge in [-0.25, -0.2) is 4.79 Å². The van der Waals surface area contributed by atoms with Crippen LogP contribution >= 0.6 is 0 Å². The molecule has 9 heteroatoms. The first kappa shape index (κ1) is 34.2. The number of halogens is 3. The van der Waals surface area contributed by atoms with E-state index in [0.717, 1.165) is 17.5 Å². The standard InChI is InChI=1S/C34H44F3NO5/c1-9-22-12-10-11-13-25(22)26-16-23-14-15-24(17-27(23)43-28(26)39)41-20-32(7,19-34(35,36)37)21-42-29(40)33(8,31(5,6)38)18-30(2,3)4/h10-17H,9,18-21,38H2,1-8H3. The highest BCUT2D eigenvalue weighted by Gasteiger charge is 2.49. The van der Waals surface area contributed by atoms with Gasteiger partial charge in [0.1, 0.15) is 17.9 Å². The fraction of sp³-hybridized carbons (Fsp3) is 0.529. The molecule has 3 aromatic rings. The fourth-order valence-electron chi connectivity index (χ4n) is 5.37. The molecule has 2 atom stereocenters. The van der Waals surface area contributed by atoms with Crippen LogP contribution in [0.3, 0.4) is 0 Å². The third kappa shape index (κ3) is 8.62. The minimum Gasteiger partial charge on any atom is -0.493 e. The van der Waals surface area contributed by atoms with Crippen LogP contribution in [0.2, 0.25) is 0 Å². The van der Waals surface area contributed by atoms with Crippen LogP contribution in [0.4, 0.5) is 13.2 Å². The van der Waals surface area contributed by atoms with Crippen LogP contribution in [0.25, 0.3) is 22.1 Å². The molecule has 43 heavy (non-hydrogen) atoms. The van der Waals surface area contributed by atoms with Crippen molar-refractivity contribution in [3.05, 3.63) is 64.5 Å². The summed E-state index contributed by atoms with van der Waals surface area (Å²) in [5.74, 6) is -0.436. The van der Waals surface area contributed by atoms with Gasteiger partial charge < -0.3 is 19.6 Å². The SMILES string of the molecule is CCc1ccccc1-c1cc2ccc(OCC(C)(COC(=O)C(C)(CC(C)(C)C)C(C)(C)N)CC(F)(F)F)cc2oc1=O. The lowest BCUT2D eigenvalue weighted by Gasteiger charge is -2.43. The number of hydrogen-bond acceptors (Lipinski definition) is 6. The van der Waals surface area contributed by atoms with Crippen molar-refractivity contribution in [1.29, 1.82) is 0 Å². The lowest BCUT2D eigenvalue weighted by molar-refractivity contribution is -0.182. The quantitative estimate of drug-likeness (QED) is 0.176.